The molecule has 1 rings (SSSR count). The molecule has 1 fully saturated rings. The van der Waals surface area contributed by atoms with Crippen molar-refractivity contribution in [3.63, 3.8) is 0 Å². The van der Waals surface area contributed by atoms with E-state index < -0.39 is 5.54 Å². The number of hydrogen-bond acceptors (Lipinski definition) is 3. The molecule has 1 aliphatic rings. The highest BCUT2D eigenvalue weighted by Gasteiger charge is 2.38. The van der Waals surface area contributed by atoms with E-state index in [4.69, 9.17) is 5.73 Å². The molecule has 16 heavy (non-hydrogen) atoms. The van der Waals surface area contributed by atoms with Crippen molar-refractivity contribution >= 4 is 17.7 Å². The summed E-state index contributed by atoms with van der Waals surface area (Å²) in [6, 6.07) is 0. The van der Waals surface area contributed by atoms with E-state index in [0.29, 0.717) is 12.8 Å². The number of rotatable bonds is 6. The van der Waals surface area contributed by atoms with Crippen LogP contribution in [-0.4, -0.2) is 29.0 Å². The zero-order valence-corrected chi connectivity index (χ0v) is 11.5. The Bertz CT molecular complexity index is 242. The summed E-state index contributed by atoms with van der Waals surface area (Å²) < 4.78 is 0.290. The van der Waals surface area contributed by atoms with Gasteiger partial charge in [-0.25, -0.2) is 0 Å². The maximum absolute atomic E-state index is 12.0. The number of carbonyl (C=O) groups is 1. The molecule has 0 unspecified atom stereocenters. The first kappa shape index (κ1) is 13.8. The number of nitrogens with one attached hydrogen (secondary N) is 1. The van der Waals surface area contributed by atoms with Gasteiger partial charge in [-0.2, -0.15) is 11.8 Å². The Kier molecular flexibility index (Phi) is 4.68. The van der Waals surface area contributed by atoms with E-state index in [2.05, 4.69) is 11.6 Å². The molecule has 3 nitrogen and oxygen atoms in total. The second-order valence-corrected chi connectivity index (χ2v) is 6.06. The van der Waals surface area contributed by atoms with Gasteiger partial charge in [-0.1, -0.05) is 20.3 Å². The van der Waals surface area contributed by atoms with Gasteiger partial charge >= 0.3 is 0 Å². The molecule has 0 spiro atoms. The van der Waals surface area contributed by atoms with E-state index in [1.165, 1.54) is 19.3 Å². The van der Waals surface area contributed by atoms with Crippen LogP contribution in [0.5, 0.6) is 0 Å². The van der Waals surface area contributed by atoms with E-state index in [0.717, 1.165) is 6.54 Å². The average Bonchev–Trinajstić information content (AvgIpc) is 2.26. The Morgan fingerprint density at radius 3 is 2.31 bits per heavy atom. The molecular formula is C12H24N2OS. The van der Waals surface area contributed by atoms with Crippen LogP contribution in [0.3, 0.4) is 0 Å². The summed E-state index contributed by atoms with van der Waals surface area (Å²) in [7, 11) is 0. The van der Waals surface area contributed by atoms with Crippen LogP contribution in [0.2, 0.25) is 0 Å². The smallest absolute Gasteiger partial charge is 0.240 e. The summed E-state index contributed by atoms with van der Waals surface area (Å²) in [5, 5.41) is 3.03. The fraction of sp³-hybridized carbons (Fsp3) is 0.917. The highest BCUT2D eigenvalue weighted by Crippen LogP contribution is 2.42. The lowest BCUT2D eigenvalue weighted by atomic mass is 9.83. The van der Waals surface area contributed by atoms with Gasteiger partial charge in [-0.15, -0.1) is 0 Å². The second-order valence-electron chi connectivity index (χ2n) is 4.79. The van der Waals surface area contributed by atoms with Gasteiger partial charge in [0.25, 0.3) is 0 Å². The highest BCUT2D eigenvalue weighted by molar-refractivity contribution is 8.00. The topological polar surface area (TPSA) is 55.1 Å². The largest absolute Gasteiger partial charge is 0.353 e. The fourth-order valence-corrected chi connectivity index (χ4v) is 2.93. The van der Waals surface area contributed by atoms with Gasteiger partial charge in [0, 0.05) is 11.3 Å². The first-order valence-corrected chi connectivity index (χ1v) is 7.37. The predicted molar refractivity (Wildman–Crippen MR) is 70.6 cm³/mol. The molecule has 0 radical (unpaired) electrons. The Morgan fingerprint density at radius 2 is 2.00 bits per heavy atom. The number of hydrogen-bond donors (Lipinski definition) is 2. The summed E-state index contributed by atoms with van der Waals surface area (Å²) in [6.45, 7) is 4.71. The van der Waals surface area contributed by atoms with Crippen molar-refractivity contribution < 1.29 is 4.79 Å². The molecule has 0 heterocycles. The SMILES string of the molecule is CCC(N)(CC)C(=O)NCC1(SC)CCC1. The minimum Gasteiger partial charge on any atom is -0.353 e. The van der Waals surface area contributed by atoms with Crippen LogP contribution in [0.1, 0.15) is 46.0 Å². The van der Waals surface area contributed by atoms with Crippen molar-refractivity contribution in [2.45, 2.75) is 56.2 Å². The van der Waals surface area contributed by atoms with Crippen molar-refractivity contribution in [1.82, 2.24) is 5.32 Å². The molecule has 1 aliphatic carbocycles. The summed E-state index contributed by atoms with van der Waals surface area (Å²) >= 11 is 1.87. The highest BCUT2D eigenvalue weighted by atomic mass is 32.2. The van der Waals surface area contributed by atoms with Crippen LogP contribution >= 0.6 is 11.8 Å². The zero-order chi connectivity index (χ0) is 12.2. The Morgan fingerprint density at radius 1 is 1.44 bits per heavy atom. The van der Waals surface area contributed by atoms with Crippen LogP contribution in [0.15, 0.2) is 0 Å². The Balaban J connectivity index is 2.45. The van der Waals surface area contributed by atoms with Gasteiger partial charge in [-0.3, -0.25) is 4.79 Å². The first-order valence-electron chi connectivity index (χ1n) is 6.14. The zero-order valence-electron chi connectivity index (χ0n) is 10.6. The summed E-state index contributed by atoms with van der Waals surface area (Å²) in [4.78, 5) is 12.0. The molecule has 0 atom stereocenters. The van der Waals surface area contributed by atoms with Crippen LogP contribution in [0, 0.1) is 0 Å². The molecule has 0 aromatic heterocycles. The standard InChI is InChI=1S/C12H24N2OS/c1-4-12(13,5-2)10(15)14-9-11(16-3)7-6-8-11/h4-9,13H2,1-3H3,(H,14,15). The number of carbonyl (C=O) groups excluding carboxylic acids is 1. The van der Waals surface area contributed by atoms with E-state index >= 15 is 0 Å². The van der Waals surface area contributed by atoms with E-state index in [9.17, 15) is 4.79 Å². The third kappa shape index (κ3) is 2.72. The molecule has 1 amide bonds. The summed E-state index contributed by atoms with van der Waals surface area (Å²) in [5.74, 6) is 0.0119. The predicted octanol–water partition coefficient (Wildman–Crippen LogP) is 1.91. The first-order chi connectivity index (χ1) is 7.52. The van der Waals surface area contributed by atoms with Gasteiger partial charge in [0.1, 0.15) is 0 Å². The molecule has 3 N–H and O–H groups in total. The second kappa shape index (κ2) is 5.41. The lowest BCUT2D eigenvalue weighted by molar-refractivity contribution is -0.126. The molecule has 0 saturated heterocycles. The van der Waals surface area contributed by atoms with Crippen LogP contribution in [0.4, 0.5) is 0 Å². The minimum atomic E-state index is -0.677. The maximum Gasteiger partial charge on any atom is 0.240 e. The van der Waals surface area contributed by atoms with Gasteiger partial charge < -0.3 is 11.1 Å². The fourth-order valence-electron chi connectivity index (χ4n) is 2.01. The molecule has 0 bridgehead atoms. The van der Waals surface area contributed by atoms with E-state index in [1.54, 1.807) is 0 Å². The quantitative estimate of drug-likeness (QED) is 0.750. The molecule has 0 aliphatic heterocycles. The van der Waals surface area contributed by atoms with Crippen LogP contribution in [0.25, 0.3) is 0 Å². The maximum atomic E-state index is 12.0. The van der Waals surface area contributed by atoms with Crippen LogP contribution < -0.4 is 11.1 Å². The summed E-state index contributed by atoms with van der Waals surface area (Å²) in [6.07, 6.45) is 7.23. The summed E-state index contributed by atoms with van der Waals surface area (Å²) in [5.41, 5.74) is 5.37. The number of thioether (sulfide) groups is 1. The Labute approximate surface area is 103 Å². The van der Waals surface area contributed by atoms with Crippen molar-refractivity contribution in [1.29, 1.82) is 0 Å². The monoisotopic (exact) mass is 244 g/mol. The van der Waals surface area contributed by atoms with Gasteiger partial charge in [0.2, 0.25) is 5.91 Å². The average molecular weight is 244 g/mol. The van der Waals surface area contributed by atoms with Gasteiger partial charge in [-0.05, 0) is 31.9 Å². The molecule has 0 aromatic rings. The third-order valence-electron chi connectivity index (χ3n) is 3.98. The van der Waals surface area contributed by atoms with Crippen molar-refractivity contribution in [2.75, 3.05) is 12.8 Å². The lowest BCUT2D eigenvalue weighted by Gasteiger charge is -2.41. The van der Waals surface area contributed by atoms with Crippen molar-refractivity contribution in [3.05, 3.63) is 0 Å². The van der Waals surface area contributed by atoms with Crippen molar-refractivity contribution in [3.8, 4) is 0 Å². The van der Waals surface area contributed by atoms with Crippen LogP contribution in [-0.2, 0) is 4.79 Å². The molecule has 1 saturated carbocycles. The van der Waals surface area contributed by atoms with E-state index in [1.807, 2.05) is 25.6 Å². The molecule has 0 aromatic carbocycles. The third-order valence-corrected chi connectivity index (χ3v) is 5.40. The van der Waals surface area contributed by atoms with E-state index in [-0.39, 0.29) is 10.7 Å². The van der Waals surface area contributed by atoms with Crippen molar-refractivity contribution in [2.24, 2.45) is 5.73 Å². The van der Waals surface area contributed by atoms with Gasteiger partial charge in [0.15, 0.2) is 0 Å². The lowest BCUT2D eigenvalue weighted by Crippen LogP contribution is -2.56. The molecule has 4 heteroatoms. The normalized spacial score (nSPS) is 19.0. The minimum absolute atomic E-state index is 0.0119. The number of amides is 1. The molecule has 94 valence electrons. The molecular weight excluding hydrogens is 220 g/mol. The van der Waals surface area contributed by atoms with Gasteiger partial charge in [0.05, 0.1) is 5.54 Å². The number of nitrogens with two attached hydrogens (primary N) is 1. The Hall–Kier alpha value is -0.220.